The number of hydrogen-bond donors (Lipinski definition) is 2. The molecule has 0 spiro atoms. The van der Waals surface area contributed by atoms with E-state index in [4.69, 9.17) is 14.2 Å². The molecule has 5 rings (SSSR count). The fourth-order valence-electron chi connectivity index (χ4n) is 4.21. The van der Waals surface area contributed by atoms with Gasteiger partial charge in [0.2, 0.25) is 0 Å². The van der Waals surface area contributed by atoms with Gasteiger partial charge in [0.25, 0.3) is 5.56 Å². The fourth-order valence-corrected chi connectivity index (χ4v) is 4.21. The van der Waals surface area contributed by atoms with Crippen molar-refractivity contribution in [1.29, 1.82) is 0 Å². The van der Waals surface area contributed by atoms with Crippen LogP contribution in [0.25, 0.3) is 10.9 Å². The Hall–Kier alpha value is -4.46. The van der Waals surface area contributed by atoms with Crippen LogP contribution in [-0.4, -0.2) is 42.8 Å². The predicted molar refractivity (Wildman–Crippen MR) is 138 cm³/mol. The highest BCUT2D eigenvalue weighted by Crippen LogP contribution is 2.33. The highest BCUT2D eigenvalue weighted by atomic mass is 16.6. The molecule has 2 heterocycles. The Kier molecular flexibility index (Phi) is 6.75. The van der Waals surface area contributed by atoms with Gasteiger partial charge in [-0.15, -0.1) is 0 Å². The smallest absolute Gasteiger partial charge is 0.322 e. The normalized spacial score (nSPS) is 12.2. The molecule has 2 amide bonds. The number of carbonyl (C=O) groups is 1. The van der Waals surface area contributed by atoms with E-state index in [0.717, 1.165) is 10.9 Å². The Balaban J connectivity index is 1.43. The van der Waals surface area contributed by atoms with E-state index in [0.29, 0.717) is 60.2 Å². The van der Waals surface area contributed by atoms with Gasteiger partial charge in [-0.3, -0.25) is 4.79 Å². The summed E-state index contributed by atoms with van der Waals surface area (Å²) in [5.74, 6) is 1.81. The van der Waals surface area contributed by atoms with Gasteiger partial charge in [-0.05, 0) is 36.2 Å². The third-order valence-corrected chi connectivity index (χ3v) is 6.09. The minimum atomic E-state index is -0.322. The molecule has 0 bridgehead atoms. The lowest BCUT2D eigenvalue weighted by Gasteiger charge is -2.24. The first-order valence-electron chi connectivity index (χ1n) is 11.8. The molecule has 0 aliphatic carbocycles. The number of ether oxygens (including phenoxy) is 3. The summed E-state index contributed by atoms with van der Waals surface area (Å²) in [5.41, 5.74) is 2.54. The van der Waals surface area contributed by atoms with Gasteiger partial charge >= 0.3 is 6.03 Å². The number of nitrogens with zero attached hydrogens (tertiary/aromatic N) is 1. The first-order chi connectivity index (χ1) is 17.6. The monoisotopic (exact) mass is 485 g/mol. The topological polar surface area (TPSA) is 92.9 Å². The van der Waals surface area contributed by atoms with Gasteiger partial charge in [-0.1, -0.05) is 42.5 Å². The third-order valence-electron chi connectivity index (χ3n) is 6.09. The maximum absolute atomic E-state index is 13.4. The summed E-state index contributed by atoms with van der Waals surface area (Å²) < 4.78 is 16.7. The van der Waals surface area contributed by atoms with Crippen LogP contribution in [0.3, 0.4) is 0 Å². The van der Waals surface area contributed by atoms with Gasteiger partial charge < -0.3 is 29.4 Å². The Morgan fingerprint density at radius 3 is 2.50 bits per heavy atom. The first kappa shape index (κ1) is 23.3. The van der Waals surface area contributed by atoms with Crippen LogP contribution in [0.1, 0.15) is 11.1 Å². The van der Waals surface area contributed by atoms with E-state index in [2.05, 4.69) is 10.3 Å². The van der Waals surface area contributed by atoms with Crippen LogP contribution in [-0.2, 0) is 13.0 Å². The quantitative estimate of drug-likeness (QED) is 0.400. The molecule has 184 valence electrons. The Morgan fingerprint density at radius 2 is 1.72 bits per heavy atom. The number of aromatic nitrogens is 1. The molecule has 1 aromatic heterocycles. The number of methoxy groups -OCH3 is 1. The zero-order valence-corrected chi connectivity index (χ0v) is 20.0. The number of H-pyrrole nitrogens is 1. The number of aromatic amines is 1. The van der Waals surface area contributed by atoms with Crippen LogP contribution in [0.4, 0.5) is 10.5 Å². The molecule has 8 heteroatoms. The van der Waals surface area contributed by atoms with Crippen LogP contribution in [0.2, 0.25) is 0 Å². The minimum Gasteiger partial charge on any atom is -0.495 e. The Morgan fingerprint density at radius 1 is 1.00 bits per heavy atom. The third kappa shape index (κ3) is 5.12. The Bertz CT molecular complexity index is 1430. The Labute approximate surface area is 208 Å². The molecule has 1 aliphatic heterocycles. The van der Waals surface area contributed by atoms with E-state index >= 15 is 0 Å². The molecule has 2 N–H and O–H groups in total. The summed E-state index contributed by atoms with van der Waals surface area (Å²) >= 11 is 0. The van der Waals surface area contributed by atoms with Gasteiger partial charge in [-0.25, -0.2) is 4.79 Å². The van der Waals surface area contributed by atoms with Crippen molar-refractivity contribution in [3.8, 4) is 17.2 Å². The highest BCUT2D eigenvalue weighted by molar-refractivity contribution is 5.91. The van der Waals surface area contributed by atoms with E-state index < -0.39 is 0 Å². The number of amides is 2. The van der Waals surface area contributed by atoms with Crippen molar-refractivity contribution in [2.24, 2.45) is 0 Å². The molecule has 0 radical (unpaired) electrons. The lowest BCUT2D eigenvalue weighted by atomic mass is 10.1. The van der Waals surface area contributed by atoms with Crippen molar-refractivity contribution in [2.75, 3.05) is 32.2 Å². The summed E-state index contributed by atoms with van der Waals surface area (Å²) in [4.78, 5) is 30.9. The molecule has 0 unspecified atom stereocenters. The molecule has 0 fully saturated rings. The number of urea groups is 1. The molecule has 8 nitrogen and oxygen atoms in total. The maximum atomic E-state index is 13.4. The second-order valence-corrected chi connectivity index (χ2v) is 8.49. The van der Waals surface area contributed by atoms with E-state index in [1.54, 1.807) is 36.3 Å². The number of pyridine rings is 1. The van der Waals surface area contributed by atoms with Crippen LogP contribution in [0, 0.1) is 0 Å². The lowest BCUT2D eigenvalue weighted by Crippen LogP contribution is -2.37. The van der Waals surface area contributed by atoms with Crippen LogP contribution >= 0.6 is 0 Å². The second kappa shape index (κ2) is 10.4. The maximum Gasteiger partial charge on any atom is 0.322 e. The van der Waals surface area contributed by atoms with E-state index in [1.165, 1.54) is 0 Å². The van der Waals surface area contributed by atoms with Crippen molar-refractivity contribution < 1.29 is 19.0 Å². The largest absolute Gasteiger partial charge is 0.495 e. The average Bonchev–Trinajstić information content (AvgIpc) is 2.91. The lowest BCUT2D eigenvalue weighted by molar-refractivity contribution is 0.172. The molecule has 3 aromatic carbocycles. The van der Waals surface area contributed by atoms with Crippen molar-refractivity contribution >= 4 is 22.6 Å². The molecular weight excluding hydrogens is 458 g/mol. The molecule has 0 atom stereocenters. The zero-order chi connectivity index (χ0) is 24.9. The SMILES string of the molecule is COc1ccccc1NC(=O)N(CCc1ccccc1)Cc1cc2cc3c(cc2[nH]c1=O)OCCO3. The highest BCUT2D eigenvalue weighted by Gasteiger charge is 2.19. The standard InChI is InChI=1S/C28H27N3O5/c1-34-24-10-6-5-9-22(24)30-28(33)31(12-11-19-7-3-2-4-8-19)18-21-15-20-16-25-26(36-14-13-35-25)17-23(20)29-27(21)32/h2-10,15-17H,11-14,18H2,1H3,(H,29,32)(H,30,33). The number of rotatable bonds is 7. The number of para-hydroxylation sites is 2. The summed E-state index contributed by atoms with van der Waals surface area (Å²) in [6.07, 6.45) is 0.643. The molecule has 1 aliphatic rings. The van der Waals surface area contributed by atoms with Crippen LogP contribution in [0.5, 0.6) is 17.2 Å². The number of nitrogens with one attached hydrogen (secondary N) is 2. The fraction of sp³-hybridized carbons (Fsp3) is 0.214. The van der Waals surface area contributed by atoms with E-state index in [9.17, 15) is 9.59 Å². The van der Waals surface area contributed by atoms with Crippen molar-refractivity contribution in [2.45, 2.75) is 13.0 Å². The number of fused-ring (bicyclic) bond motifs is 2. The molecule has 4 aromatic rings. The summed E-state index contributed by atoms with van der Waals surface area (Å²) in [7, 11) is 1.56. The second-order valence-electron chi connectivity index (χ2n) is 8.49. The summed E-state index contributed by atoms with van der Waals surface area (Å²) in [5, 5.41) is 3.74. The van der Waals surface area contributed by atoms with Gasteiger partial charge in [0.15, 0.2) is 11.5 Å². The van der Waals surface area contributed by atoms with Crippen LogP contribution in [0.15, 0.2) is 77.6 Å². The van der Waals surface area contributed by atoms with Gasteiger partial charge in [-0.2, -0.15) is 0 Å². The zero-order valence-electron chi connectivity index (χ0n) is 20.0. The van der Waals surface area contributed by atoms with E-state index in [-0.39, 0.29) is 18.1 Å². The molecular formula is C28H27N3O5. The van der Waals surface area contributed by atoms with Gasteiger partial charge in [0.1, 0.15) is 19.0 Å². The van der Waals surface area contributed by atoms with E-state index in [1.807, 2.05) is 48.5 Å². The van der Waals surface area contributed by atoms with Gasteiger partial charge in [0.05, 0.1) is 24.9 Å². The number of carbonyl (C=O) groups excluding carboxylic acids is 1. The first-order valence-corrected chi connectivity index (χ1v) is 11.8. The molecule has 0 saturated carbocycles. The van der Waals surface area contributed by atoms with Gasteiger partial charge in [0, 0.05) is 23.6 Å². The minimum absolute atomic E-state index is 0.132. The number of benzene rings is 3. The van der Waals surface area contributed by atoms with Crippen LogP contribution < -0.4 is 25.1 Å². The average molecular weight is 486 g/mol. The molecule has 0 saturated heterocycles. The van der Waals surface area contributed by atoms with Crippen molar-refractivity contribution in [3.63, 3.8) is 0 Å². The van der Waals surface area contributed by atoms with Crippen molar-refractivity contribution in [1.82, 2.24) is 9.88 Å². The predicted octanol–water partition coefficient (Wildman–Crippen LogP) is 4.58. The summed E-state index contributed by atoms with van der Waals surface area (Å²) in [6.45, 7) is 1.50. The number of anilines is 1. The molecule has 36 heavy (non-hydrogen) atoms. The van der Waals surface area contributed by atoms with Crippen molar-refractivity contribution in [3.05, 3.63) is 94.3 Å². The number of hydrogen-bond acceptors (Lipinski definition) is 5. The summed E-state index contributed by atoms with van der Waals surface area (Å²) in [6, 6.07) is 22.3.